The molecule has 2 N–H and O–H groups in total. The SMILES string of the molecule is Cc1nn(C)c(N)c1C(=O)N1CC[C@@H](Cc2ccc(C(C)C)cc2)C1. The molecule has 0 spiro atoms. The third kappa shape index (κ3) is 3.55. The Morgan fingerprint density at radius 1 is 1.32 bits per heavy atom. The van der Waals surface area contributed by atoms with Gasteiger partial charge in [-0.1, -0.05) is 38.1 Å². The molecule has 1 amide bonds. The number of aryl methyl sites for hydroxylation is 2. The van der Waals surface area contributed by atoms with E-state index in [4.69, 9.17) is 5.73 Å². The van der Waals surface area contributed by atoms with Gasteiger partial charge in [0, 0.05) is 20.1 Å². The summed E-state index contributed by atoms with van der Waals surface area (Å²) in [7, 11) is 1.77. The van der Waals surface area contributed by atoms with Gasteiger partial charge in [-0.3, -0.25) is 9.48 Å². The molecule has 3 rings (SSSR count). The zero-order chi connectivity index (χ0) is 18.1. The highest BCUT2D eigenvalue weighted by Gasteiger charge is 2.30. The van der Waals surface area contributed by atoms with Gasteiger partial charge in [0.15, 0.2) is 0 Å². The molecule has 1 fully saturated rings. The number of hydrogen-bond donors (Lipinski definition) is 1. The number of carbonyl (C=O) groups is 1. The Bertz CT molecular complexity index is 761. The highest BCUT2D eigenvalue weighted by molar-refractivity contribution is 5.99. The molecular weight excluding hydrogens is 312 g/mol. The van der Waals surface area contributed by atoms with Crippen LogP contribution in [0.4, 0.5) is 5.82 Å². The van der Waals surface area contributed by atoms with Crippen molar-refractivity contribution in [2.45, 2.75) is 39.5 Å². The van der Waals surface area contributed by atoms with Crippen LogP contribution in [0.3, 0.4) is 0 Å². The number of carbonyl (C=O) groups excluding carboxylic acids is 1. The van der Waals surface area contributed by atoms with Gasteiger partial charge >= 0.3 is 0 Å². The van der Waals surface area contributed by atoms with E-state index in [9.17, 15) is 4.79 Å². The molecule has 2 aromatic rings. The summed E-state index contributed by atoms with van der Waals surface area (Å²) in [5.41, 5.74) is 10.0. The van der Waals surface area contributed by atoms with Crippen LogP contribution < -0.4 is 5.73 Å². The zero-order valence-corrected chi connectivity index (χ0v) is 15.6. The van der Waals surface area contributed by atoms with Crippen molar-refractivity contribution in [2.24, 2.45) is 13.0 Å². The molecule has 1 atom stereocenters. The maximum absolute atomic E-state index is 12.8. The minimum absolute atomic E-state index is 0.0146. The molecule has 25 heavy (non-hydrogen) atoms. The smallest absolute Gasteiger partial charge is 0.259 e. The van der Waals surface area contributed by atoms with Gasteiger partial charge in [0.1, 0.15) is 11.4 Å². The van der Waals surface area contributed by atoms with Crippen molar-refractivity contribution in [3.63, 3.8) is 0 Å². The molecule has 0 bridgehead atoms. The molecule has 5 heteroatoms. The minimum atomic E-state index is 0.0146. The van der Waals surface area contributed by atoms with Crippen LogP contribution in [0.5, 0.6) is 0 Å². The standard InChI is InChI=1S/C20H28N4O/c1-13(2)17-7-5-15(6-8-17)11-16-9-10-24(12-16)20(25)18-14(3)22-23(4)19(18)21/h5-8,13,16H,9-12,21H2,1-4H3/t16-/m0/s1. The third-order valence-electron chi connectivity index (χ3n) is 5.22. The van der Waals surface area contributed by atoms with E-state index in [2.05, 4.69) is 43.2 Å². The Kier molecular flexibility index (Phi) is 4.84. The summed E-state index contributed by atoms with van der Waals surface area (Å²) in [4.78, 5) is 14.7. The number of rotatable bonds is 4. The normalized spacial score (nSPS) is 17.5. The van der Waals surface area contributed by atoms with Crippen molar-refractivity contribution in [2.75, 3.05) is 18.8 Å². The van der Waals surface area contributed by atoms with Gasteiger partial charge in [-0.05, 0) is 42.7 Å². The molecule has 0 unspecified atom stereocenters. The lowest BCUT2D eigenvalue weighted by molar-refractivity contribution is 0.0787. The van der Waals surface area contributed by atoms with Crippen LogP contribution in [-0.2, 0) is 13.5 Å². The molecule has 134 valence electrons. The topological polar surface area (TPSA) is 64.2 Å². The number of anilines is 1. The molecule has 0 saturated carbocycles. The average Bonchev–Trinajstić information content (AvgIpc) is 3.12. The molecule has 0 aliphatic carbocycles. The fourth-order valence-corrected chi connectivity index (χ4v) is 3.65. The van der Waals surface area contributed by atoms with E-state index in [1.165, 1.54) is 11.1 Å². The van der Waals surface area contributed by atoms with Crippen LogP contribution in [-0.4, -0.2) is 33.7 Å². The number of nitrogens with zero attached hydrogens (tertiary/aromatic N) is 3. The number of amides is 1. The Morgan fingerprint density at radius 3 is 2.56 bits per heavy atom. The van der Waals surface area contributed by atoms with Crippen molar-refractivity contribution in [3.8, 4) is 0 Å². The minimum Gasteiger partial charge on any atom is -0.383 e. The molecule has 1 aliphatic heterocycles. The first-order chi connectivity index (χ1) is 11.9. The zero-order valence-electron chi connectivity index (χ0n) is 15.6. The summed E-state index contributed by atoms with van der Waals surface area (Å²) in [6.45, 7) is 7.84. The Labute approximate surface area is 149 Å². The van der Waals surface area contributed by atoms with Gasteiger partial charge < -0.3 is 10.6 Å². The summed E-state index contributed by atoms with van der Waals surface area (Å²) >= 11 is 0. The Balaban J connectivity index is 1.64. The highest BCUT2D eigenvalue weighted by atomic mass is 16.2. The van der Waals surface area contributed by atoms with Crippen molar-refractivity contribution in [1.82, 2.24) is 14.7 Å². The lowest BCUT2D eigenvalue weighted by Gasteiger charge is -2.17. The van der Waals surface area contributed by atoms with Crippen molar-refractivity contribution < 1.29 is 4.79 Å². The van der Waals surface area contributed by atoms with Crippen LogP contribution in [0.25, 0.3) is 0 Å². The van der Waals surface area contributed by atoms with E-state index in [1.54, 1.807) is 11.7 Å². The van der Waals surface area contributed by atoms with E-state index in [0.717, 1.165) is 25.9 Å². The first-order valence-corrected chi connectivity index (χ1v) is 9.04. The fourth-order valence-electron chi connectivity index (χ4n) is 3.65. The highest BCUT2D eigenvalue weighted by Crippen LogP contribution is 2.26. The maximum atomic E-state index is 12.8. The van der Waals surface area contributed by atoms with Crippen molar-refractivity contribution >= 4 is 11.7 Å². The number of benzene rings is 1. The summed E-state index contributed by atoms with van der Waals surface area (Å²) in [5, 5.41) is 4.26. The van der Waals surface area contributed by atoms with Crippen LogP contribution in [0.2, 0.25) is 0 Å². The first-order valence-electron chi connectivity index (χ1n) is 9.04. The van der Waals surface area contributed by atoms with Gasteiger partial charge in [-0.15, -0.1) is 0 Å². The summed E-state index contributed by atoms with van der Waals surface area (Å²) in [5.74, 6) is 1.53. The van der Waals surface area contributed by atoms with E-state index >= 15 is 0 Å². The number of nitrogens with two attached hydrogens (primary N) is 1. The van der Waals surface area contributed by atoms with E-state index in [-0.39, 0.29) is 5.91 Å². The number of aromatic nitrogens is 2. The molecule has 1 aromatic heterocycles. The fraction of sp³-hybridized carbons (Fsp3) is 0.500. The molecule has 5 nitrogen and oxygen atoms in total. The molecule has 1 aliphatic rings. The summed E-state index contributed by atoms with van der Waals surface area (Å²) in [6.07, 6.45) is 2.06. The maximum Gasteiger partial charge on any atom is 0.259 e. The second-order valence-electron chi connectivity index (χ2n) is 7.48. The summed E-state index contributed by atoms with van der Waals surface area (Å²) < 4.78 is 1.58. The van der Waals surface area contributed by atoms with Gasteiger partial charge in [-0.2, -0.15) is 5.10 Å². The van der Waals surface area contributed by atoms with Gasteiger partial charge in [0.05, 0.1) is 5.69 Å². The molecule has 0 radical (unpaired) electrons. The van der Waals surface area contributed by atoms with Crippen molar-refractivity contribution in [1.29, 1.82) is 0 Å². The van der Waals surface area contributed by atoms with Crippen LogP contribution in [0.1, 0.15) is 53.4 Å². The lowest BCUT2D eigenvalue weighted by atomic mass is 9.96. The summed E-state index contributed by atoms with van der Waals surface area (Å²) in [6, 6.07) is 8.89. The molecule has 2 heterocycles. The van der Waals surface area contributed by atoms with Gasteiger partial charge in [-0.25, -0.2) is 0 Å². The Morgan fingerprint density at radius 2 is 2.00 bits per heavy atom. The Hall–Kier alpha value is -2.30. The van der Waals surface area contributed by atoms with Crippen LogP contribution in [0, 0.1) is 12.8 Å². The second kappa shape index (κ2) is 6.90. The molecule has 1 saturated heterocycles. The predicted octanol–water partition coefficient (Wildman–Crippen LogP) is 3.14. The largest absolute Gasteiger partial charge is 0.383 e. The third-order valence-corrected chi connectivity index (χ3v) is 5.22. The quantitative estimate of drug-likeness (QED) is 0.930. The lowest BCUT2D eigenvalue weighted by Crippen LogP contribution is -2.30. The first kappa shape index (κ1) is 17.5. The van der Waals surface area contributed by atoms with Gasteiger partial charge in [0.25, 0.3) is 5.91 Å². The van der Waals surface area contributed by atoms with Crippen molar-refractivity contribution in [3.05, 3.63) is 46.6 Å². The number of nitrogen functional groups attached to an aromatic ring is 1. The monoisotopic (exact) mass is 340 g/mol. The van der Waals surface area contributed by atoms with Crippen LogP contribution in [0.15, 0.2) is 24.3 Å². The predicted molar refractivity (Wildman–Crippen MR) is 101 cm³/mol. The van der Waals surface area contributed by atoms with E-state index < -0.39 is 0 Å². The molecule has 1 aromatic carbocycles. The number of likely N-dealkylation sites (tertiary alicyclic amines) is 1. The van der Waals surface area contributed by atoms with Gasteiger partial charge in [0.2, 0.25) is 0 Å². The average molecular weight is 340 g/mol. The number of hydrogen-bond acceptors (Lipinski definition) is 3. The second-order valence-corrected chi connectivity index (χ2v) is 7.48. The van der Waals surface area contributed by atoms with Crippen LogP contribution >= 0.6 is 0 Å². The van der Waals surface area contributed by atoms with E-state index in [1.807, 2.05) is 11.8 Å². The molecular formula is C20H28N4O. The van der Waals surface area contributed by atoms with E-state index in [0.29, 0.717) is 28.9 Å².